The third-order valence-corrected chi connectivity index (χ3v) is 3.55. The maximum absolute atomic E-state index is 2.67. The number of nitrogens with zero attached hydrogens (tertiary/aromatic N) is 1. The standard InChI is InChI=1S/C15H30N/c1-14(2,3)13-11-9-7-8-10-12-16(13)15(4,5)6/h7-12H2,1-6H3/q+1. The molecule has 0 spiro atoms. The van der Waals surface area contributed by atoms with Gasteiger partial charge in [0.1, 0.15) is 6.54 Å². The molecule has 94 valence electrons. The summed E-state index contributed by atoms with van der Waals surface area (Å²) in [7, 11) is 0. The van der Waals surface area contributed by atoms with Gasteiger partial charge in [0.2, 0.25) is 0 Å². The van der Waals surface area contributed by atoms with Gasteiger partial charge in [-0.15, -0.1) is 0 Å². The van der Waals surface area contributed by atoms with Crippen LogP contribution in [0.5, 0.6) is 0 Å². The van der Waals surface area contributed by atoms with E-state index in [1.54, 1.807) is 5.71 Å². The van der Waals surface area contributed by atoms with Crippen molar-refractivity contribution < 1.29 is 4.58 Å². The van der Waals surface area contributed by atoms with Gasteiger partial charge in [-0.25, -0.2) is 4.58 Å². The zero-order valence-electron chi connectivity index (χ0n) is 12.2. The van der Waals surface area contributed by atoms with Crippen molar-refractivity contribution in [2.45, 2.75) is 79.2 Å². The Morgan fingerprint density at radius 2 is 1.38 bits per heavy atom. The van der Waals surface area contributed by atoms with Crippen LogP contribution in [0.25, 0.3) is 0 Å². The minimum Gasteiger partial charge on any atom is -0.232 e. The minimum atomic E-state index is 0.278. The molecule has 0 atom stereocenters. The monoisotopic (exact) mass is 224 g/mol. The summed E-state index contributed by atoms with van der Waals surface area (Å²) in [5, 5.41) is 0. The first kappa shape index (κ1) is 13.7. The van der Waals surface area contributed by atoms with Crippen LogP contribution in [0.2, 0.25) is 0 Å². The van der Waals surface area contributed by atoms with Crippen molar-refractivity contribution in [1.82, 2.24) is 0 Å². The highest BCUT2D eigenvalue weighted by Gasteiger charge is 2.34. The fourth-order valence-corrected chi connectivity index (χ4v) is 2.71. The molecule has 0 fully saturated rings. The Hall–Kier alpha value is -0.330. The quantitative estimate of drug-likeness (QED) is 0.541. The van der Waals surface area contributed by atoms with E-state index in [-0.39, 0.29) is 5.54 Å². The molecule has 1 rings (SSSR count). The second-order valence-corrected chi connectivity index (χ2v) is 7.18. The summed E-state index contributed by atoms with van der Waals surface area (Å²) in [4.78, 5) is 0. The summed E-state index contributed by atoms with van der Waals surface area (Å²) in [5.41, 5.74) is 2.27. The van der Waals surface area contributed by atoms with Crippen LogP contribution in [0.4, 0.5) is 0 Å². The van der Waals surface area contributed by atoms with Crippen molar-refractivity contribution in [3.63, 3.8) is 0 Å². The van der Waals surface area contributed by atoms with Crippen LogP contribution in [0.1, 0.15) is 73.6 Å². The van der Waals surface area contributed by atoms with Gasteiger partial charge in [0.25, 0.3) is 0 Å². The molecule has 0 saturated heterocycles. The van der Waals surface area contributed by atoms with Crippen molar-refractivity contribution in [2.75, 3.05) is 6.54 Å². The highest BCUT2D eigenvalue weighted by molar-refractivity contribution is 5.85. The van der Waals surface area contributed by atoms with E-state index in [0.717, 1.165) is 0 Å². The minimum absolute atomic E-state index is 0.278. The smallest absolute Gasteiger partial charge is 0.158 e. The molecule has 0 aromatic rings. The van der Waals surface area contributed by atoms with Crippen LogP contribution >= 0.6 is 0 Å². The van der Waals surface area contributed by atoms with E-state index < -0.39 is 0 Å². The molecule has 0 radical (unpaired) electrons. The Labute approximate surface area is 102 Å². The summed E-state index contributed by atoms with van der Waals surface area (Å²) < 4.78 is 2.67. The third-order valence-electron chi connectivity index (χ3n) is 3.55. The number of hydrogen-bond donors (Lipinski definition) is 0. The third kappa shape index (κ3) is 3.61. The average Bonchev–Trinajstić information content (AvgIpc) is 1.96. The average molecular weight is 224 g/mol. The van der Waals surface area contributed by atoms with E-state index in [2.05, 4.69) is 46.1 Å². The first-order valence-corrected chi connectivity index (χ1v) is 6.87. The van der Waals surface area contributed by atoms with E-state index in [1.165, 1.54) is 38.6 Å². The zero-order chi connectivity index (χ0) is 12.4. The van der Waals surface area contributed by atoms with E-state index >= 15 is 0 Å². The van der Waals surface area contributed by atoms with E-state index in [0.29, 0.717) is 5.41 Å². The predicted octanol–water partition coefficient (Wildman–Crippen LogP) is 4.25. The number of rotatable bonds is 0. The van der Waals surface area contributed by atoms with Gasteiger partial charge in [-0.3, -0.25) is 0 Å². The molecule has 16 heavy (non-hydrogen) atoms. The van der Waals surface area contributed by atoms with Crippen LogP contribution in [-0.2, 0) is 0 Å². The molecule has 0 unspecified atom stereocenters. The predicted molar refractivity (Wildman–Crippen MR) is 72.4 cm³/mol. The molecule has 1 heteroatoms. The van der Waals surface area contributed by atoms with Crippen molar-refractivity contribution in [1.29, 1.82) is 0 Å². The van der Waals surface area contributed by atoms with Crippen molar-refractivity contribution >= 4 is 5.71 Å². The molecule has 0 aliphatic carbocycles. The van der Waals surface area contributed by atoms with Crippen LogP contribution in [-0.4, -0.2) is 22.4 Å². The first-order valence-electron chi connectivity index (χ1n) is 6.87. The second-order valence-electron chi connectivity index (χ2n) is 7.18. The lowest BCUT2D eigenvalue weighted by molar-refractivity contribution is -0.601. The SMILES string of the molecule is CC(C)(C)C1=[N+](C(C)(C)C)CCCCCC1. The summed E-state index contributed by atoms with van der Waals surface area (Å²) >= 11 is 0. The van der Waals surface area contributed by atoms with Crippen LogP contribution < -0.4 is 0 Å². The fourth-order valence-electron chi connectivity index (χ4n) is 2.71. The Bertz CT molecular complexity index is 232. The molecule has 1 nitrogen and oxygen atoms in total. The Balaban J connectivity index is 3.12. The summed E-state index contributed by atoms with van der Waals surface area (Å²) in [6.07, 6.45) is 6.85. The normalized spacial score (nSPS) is 20.6. The van der Waals surface area contributed by atoms with Crippen molar-refractivity contribution in [2.24, 2.45) is 5.41 Å². The fraction of sp³-hybridized carbons (Fsp3) is 0.933. The molecular weight excluding hydrogens is 194 g/mol. The molecule has 1 aliphatic rings. The lowest BCUT2D eigenvalue weighted by Gasteiger charge is -2.29. The van der Waals surface area contributed by atoms with Gasteiger partial charge < -0.3 is 0 Å². The highest BCUT2D eigenvalue weighted by Crippen LogP contribution is 2.25. The maximum Gasteiger partial charge on any atom is 0.158 e. The molecule has 0 N–H and O–H groups in total. The zero-order valence-corrected chi connectivity index (χ0v) is 12.2. The molecule has 0 amide bonds. The van der Waals surface area contributed by atoms with Crippen molar-refractivity contribution in [3.8, 4) is 0 Å². The van der Waals surface area contributed by atoms with Crippen LogP contribution in [0.3, 0.4) is 0 Å². The molecule has 1 heterocycles. The molecular formula is C15H30N+. The molecule has 0 saturated carbocycles. The van der Waals surface area contributed by atoms with Gasteiger partial charge >= 0.3 is 0 Å². The van der Waals surface area contributed by atoms with E-state index in [4.69, 9.17) is 0 Å². The van der Waals surface area contributed by atoms with E-state index in [9.17, 15) is 0 Å². The van der Waals surface area contributed by atoms with Crippen LogP contribution in [0, 0.1) is 5.41 Å². The summed E-state index contributed by atoms with van der Waals surface area (Å²) in [6.45, 7) is 15.4. The second kappa shape index (κ2) is 4.89. The largest absolute Gasteiger partial charge is 0.232 e. The van der Waals surface area contributed by atoms with E-state index in [1.807, 2.05) is 0 Å². The van der Waals surface area contributed by atoms with Gasteiger partial charge in [0.05, 0.1) is 0 Å². The summed E-state index contributed by atoms with van der Waals surface area (Å²) in [6, 6.07) is 0. The molecule has 0 bridgehead atoms. The maximum atomic E-state index is 2.67. The first-order chi connectivity index (χ1) is 7.23. The van der Waals surface area contributed by atoms with Gasteiger partial charge in [0.15, 0.2) is 11.3 Å². The lowest BCUT2D eigenvalue weighted by atomic mass is 9.84. The summed E-state index contributed by atoms with van der Waals surface area (Å²) in [5.74, 6) is 0. The van der Waals surface area contributed by atoms with Gasteiger partial charge in [-0.05, 0) is 33.6 Å². The molecule has 1 aliphatic heterocycles. The Morgan fingerprint density at radius 3 is 1.88 bits per heavy atom. The molecule has 0 aromatic heterocycles. The topological polar surface area (TPSA) is 3.01 Å². The van der Waals surface area contributed by atoms with Gasteiger partial charge in [-0.2, -0.15) is 0 Å². The van der Waals surface area contributed by atoms with Crippen molar-refractivity contribution in [3.05, 3.63) is 0 Å². The Kier molecular flexibility index (Phi) is 4.20. The Morgan fingerprint density at radius 1 is 0.812 bits per heavy atom. The van der Waals surface area contributed by atoms with Gasteiger partial charge in [0, 0.05) is 18.3 Å². The molecule has 0 aromatic carbocycles. The van der Waals surface area contributed by atoms with Gasteiger partial charge in [-0.1, -0.05) is 27.2 Å². The highest BCUT2D eigenvalue weighted by atomic mass is 15.1. The lowest BCUT2D eigenvalue weighted by Crippen LogP contribution is -2.43. The number of hydrogen-bond acceptors (Lipinski definition) is 0. The van der Waals surface area contributed by atoms with Crippen LogP contribution in [0.15, 0.2) is 0 Å².